The molecule has 10 heteroatoms. The van der Waals surface area contributed by atoms with E-state index in [4.69, 9.17) is 5.10 Å². The number of piperidine rings is 1. The lowest BCUT2D eigenvalue weighted by Crippen LogP contribution is -2.48. The van der Waals surface area contributed by atoms with Crippen LogP contribution in [0.15, 0.2) is 53.4 Å². The van der Waals surface area contributed by atoms with Gasteiger partial charge in [-0.2, -0.15) is 18.3 Å². The number of hydrogen-bond acceptors (Lipinski definition) is 4. The summed E-state index contributed by atoms with van der Waals surface area (Å²) in [6.07, 6.45) is 3.92. The highest BCUT2D eigenvalue weighted by molar-refractivity contribution is 7.92. The molecule has 43 heavy (non-hydrogen) atoms. The van der Waals surface area contributed by atoms with Crippen LogP contribution in [0.4, 0.5) is 17.6 Å². The van der Waals surface area contributed by atoms with Gasteiger partial charge >= 0.3 is 6.18 Å². The number of nitrogens with zero attached hydrogens (tertiary/aromatic N) is 3. The van der Waals surface area contributed by atoms with Crippen LogP contribution in [0.25, 0.3) is 0 Å². The number of alkyl halides is 3. The molecule has 0 atom stereocenters. The fourth-order valence-electron chi connectivity index (χ4n) is 7.80. The van der Waals surface area contributed by atoms with E-state index >= 15 is 0 Å². The number of fused-ring (bicyclic) bond motifs is 1. The molecular weight excluding hydrogens is 578 g/mol. The van der Waals surface area contributed by atoms with Gasteiger partial charge in [0.05, 0.1) is 16.2 Å². The molecule has 3 aromatic rings. The van der Waals surface area contributed by atoms with Crippen molar-refractivity contribution in [1.29, 1.82) is 0 Å². The van der Waals surface area contributed by atoms with E-state index in [1.165, 1.54) is 54.1 Å². The second-order valence-electron chi connectivity index (χ2n) is 12.4. The van der Waals surface area contributed by atoms with Crippen molar-refractivity contribution >= 4 is 9.84 Å². The molecule has 2 fully saturated rings. The minimum Gasteiger partial charge on any atom is -0.300 e. The van der Waals surface area contributed by atoms with E-state index in [1.54, 1.807) is 0 Å². The Morgan fingerprint density at radius 2 is 1.56 bits per heavy atom. The lowest BCUT2D eigenvalue weighted by molar-refractivity contribution is -0.137. The molecule has 0 N–H and O–H groups in total. The van der Waals surface area contributed by atoms with Crippen molar-refractivity contribution in [2.45, 2.75) is 105 Å². The number of benzene rings is 2. The maximum Gasteiger partial charge on any atom is 0.416 e. The van der Waals surface area contributed by atoms with Crippen molar-refractivity contribution in [2.24, 2.45) is 0 Å². The molecule has 1 saturated heterocycles. The SMILES string of the molecule is CCc1nn2c(c1C1CCN(C3CCC(c4ccc(F)cc4)(S(=O)(=O)c4ccc(C(F)(F)F)cc4)CC3)CC1)CCCC2. The van der Waals surface area contributed by atoms with Gasteiger partial charge in [0.25, 0.3) is 0 Å². The number of aromatic nitrogens is 2. The number of sulfone groups is 1. The average Bonchev–Trinajstić information content (AvgIpc) is 3.40. The highest BCUT2D eigenvalue weighted by atomic mass is 32.2. The van der Waals surface area contributed by atoms with E-state index in [9.17, 15) is 26.0 Å². The van der Waals surface area contributed by atoms with E-state index in [-0.39, 0.29) is 10.9 Å². The van der Waals surface area contributed by atoms with Crippen LogP contribution in [0.1, 0.15) is 92.3 Å². The first-order chi connectivity index (χ1) is 20.5. The molecule has 0 amide bonds. The van der Waals surface area contributed by atoms with E-state index in [1.807, 2.05) is 0 Å². The molecule has 2 aliphatic heterocycles. The Morgan fingerprint density at radius 1 is 0.907 bits per heavy atom. The van der Waals surface area contributed by atoms with Crippen LogP contribution in [0.3, 0.4) is 0 Å². The van der Waals surface area contributed by atoms with Crippen molar-refractivity contribution in [2.75, 3.05) is 13.1 Å². The van der Waals surface area contributed by atoms with Gasteiger partial charge in [-0.3, -0.25) is 4.68 Å². The van der Waals surface area contributed by atoms with Crippen LogP contribution in [-0.2, 0) is 40.1 Å². The standard InChI is InChI=1S/C33H39F4N3O2S/c1-2-29-31(30-5-3-4-20-40(30)38-29)23-16-21-39(22-17-23)27-14-18-32(19-15-27,24-6-10-26(34)11-7-24)43(41,42)28-12-8-25(9-13-28)33(35,36)37/h6-13,23,27H,2-5,14-22H2,1H3. The molecule has 2 aromatic carbocycles. The Bertz CT molecular complexity index is 1530. The number of aryl methyl sites for hydroxylation is 2. The predicted molar refractivity (Wildman–Crippen MR) is 157 cm³/mol. The second kappa shape index (κ2) is 11.7. The van der Waals surface area contributed by atoms with Gasteiger partial charge in [-0.15, -0.1) is 0 Å². The second-order valence-corrected chi connectivity index (χ2v) is 14.7. The van der Waals surface area contributed by atoms with Crippen LogP contribution in [0.2, 0.25) is 0 Å². The number of halogens is 4. The monoisotopic (exact) mass is 617 g/mol. The summed E-state index contributed by atoms with van der Waals surface area (Å²) in [6.45, 7) is 5.08. The first-order valence-corrected chi connectivity index (χ1v) is 17.0. The Balaban J connectivity index is 1.20. The van der Waals surface area contributed by atoms with Gasteiger partial charge in [0, 0.05) is 18.3 Å². The normalized spacial score (nSPS) is 24.2. The molecule has 5 nitrogen and oxygen atoms in total. The van der Waals surface area contributed by atoms with Gasteiger partial charge in [-0.25, -0.2) is 12.8 Å². The Kier molecular flexibility index (Phi) is 8.21. The molecule has 0 bridgehead atoms. The molecule has 1 aromatic heterocycles. The van der Waals surface area contributed by atoms with Gasteiger partial charge in [0.15, 0.2) is 9.84 Å². The summed E-state index contributed by atoms with van der Waals surface area (Å²) in [4.78, 5) is 2.36. The Labute approximate surface area is 251 Å². The van der Waals surface area contributed by atoms with Crippen molar-refractivity contribution in [3.63, 3.8) is 0 Å². The Hall–Kier alpha value is -2.72. The van der Waals surface area contributed by atoms with E-state index in [0.29, 0.717) is 37.2 Å². The summed E-state index contributed by atoms with van der Waals surface area (Å²) in [7, 11) is -4.08. The predicted octanol–water partition coefficient (Wildman–Crippen LogP) is 7.43. The topological polar surface area (TPSA) is 55.2 Å². The van der Waals surface area contributed by atoms with Crippen molar-refractivity contribution in [1.82, 2.24) is 14.7 Å². The van der Waals surface area contributed by atoms with Crippen molar-refractivity contribution < 1.29 is 26.0 Å². The number of likely N-dealkylation sites (tertiary alicyclic amines) is 1. The molecule has 232 valence electrons. The molecule has 0 spiro atoms. The zero-order chi connectivity index (χ0) is 30.4. The van der Waals surface area contributed by atoms with Crippen LogP contribution in [0.5, 0.6) is 0 Å². The molecular formula is C33H39F4N3O2S. The van der Waals surface area contributed by atoms with E-state index in [2.05, 4.69) is 16.5 Å². The van der Waals surface area contributed by atoms with Crippen molar-refractivity contribution in [3.05, 3.63) is 82.4 Å². The molecule has 0 radical (unpaired) electrons. The molecule has 6 rings (SSSR count). The fraction of sp³-hybridized carbons (Fsp3) is 0.545. The zero-order valence-electron chi connectivity index (χ0n) is 24.5. The summed E-state index contributed by atoms with van der Waals surface area (Å²) >= 11 is 0. The van der Waals surface area contributed by atoms with Gasteiger partial charge in [0.1, 0.15) is 10.6 Å². The minimum absolute atomic E-state index is 0.139. The minimum atomic E-state index is -4.56. The molecule has 1 saturated carbocycles. The zero-order valence-corrected chi connectivity index (χ0v) is 25.4. The van der Waals surface area contributed by atoms with Crippen molar-refractivity contribution in [3.8, 4) is 0 Å². The quantitative estimate of drug-likeness (QED) is 0.270. The molecule has 3 heterocycles. The van der Waals surface area contributed by atoms with Gasteiger partial charge in [-0.1, -0.05) is 19.1 Å². The van der Waals surface area contributed by atoms with Crippen LogP contribution >= 0.6 is 0 Å². The summed E-state index contributed by atoms with van der Waals surface area (Å²) < 4.78 is 82.7. The first-order valence-electron chi connectivity index (χ1n) is 15.5. The summed E-state index contributed by atoms with van der Waals surface area (Å²) in [5.41, 5.74) is 3.74. The van der Waals surface area contributed by atoms with Crippen LogP contribution < -0.4 is 0 Å². The van der Waals surface area contributed by atoms with Gasteiger partial charge in [-0.05, 0) is 131 Å². The molecule has 3 aliphatic rings. The van der Waals surface area contributed by atoms with E-state index in [0.717, 1.165) is 69.6 Å². The number of hydrogen-bond donors (Lipinski definition) is 0. The highest BCUT2D eigenvalue weighted by Crippen LogP contribution is 2.49. The molecule has 1 aliphatic carbocycles. The maximum absolute atomic E-state index is 14.2. The summed E-state index contributed by atoms with van der Waals surface area (Å²) in [5, 5.41) is 4.94. The van der Waals surface area contributed by atoms with Crippen LogP contribution in [0, 0.1) is 5.82 Å². The molecule has 0 unspecified atom stereocenters. The lowest BCUT2D eigenvalue weighted by atomic mass is 9.79. The summed E-state index contributed by atoms with van der Waals surface area (Å²) in [5.74, 6) is 0.0308. The summed E-state index contributed by atoms with van der Waals surface area (Å²) in [6, 6.07) is 9.53. The van der Waals surface area contributed by atoms with E-state index < -0.39 is 32.1 Å². The van der Waals surface area contributed by atoms with Gasteiger partial charge < -0.3 is 4.90 Å². The number of rotatable bonds is 6. The Morgan fingerprint density at radius 3 is 2.16 bits per heavy atom. The third-order valence-electron chi connectivity index (χ3n) is 10.1. The fourth-order valence-corrected chi connectivity index (χ4v) is 9.97. The lowest BCUT2D eigenvalue weighted by Gasteiger charge is -2.45. The average molecular weight is 618 g/mol. The van der Waals surface area contributed by atoms with Crippen LogP contribution in [-0.4, -0.2) is 42.2 Å². The third kappa shape index (κ3) is 5.54. The smallest absolute Gasteiger partial charge is 0.300 e. The van der Waals surface area contributed by atoms with Gasteiger partial charge in [0.2, 0.25) is 0 Å². The first kappa shape index (κ1) is 30.3. The highest BCUT2D eigenvalue weighted by Gasteiger charge is 2.49. The largest absolute Gasteiger partial charge is 0.416 e. The third-order valence-corrected chi connectivity index (χ3v) is 12.7. The maximum atomic E-state index is 14.2.